The predicted octanol–water partition coefficient (Wildman–Crippen LogP) is 4.73. The van der Waals surface area contributed by atoms with Crippen molar-refractivity contribution in [3.05, 3.63) is 59.7 Å². The fourth-order valence-corrected chi connectivity index (χ4v) is 4.76. The summed E-state index contributed by atoms with van der Waals surface area (Å²) in [5.41, 5.74) is 1.25. The van der Waals surface area contributed by atoms with E-state index in [1.807, 2.05) is 6.92 Å². The maximum Gasteiger partial charge on any atom is 0.251 e. The van der Waals surface area contributed by atoms with Crippen LogP contribution in [0.4, 0.5) is 14.5 Å². The number of imide groups is 1. The van der Waals surface area contributed by atoms with Gasteiger partial charge in [-0.15, -0.1) is 0 Å². The van der Waals surface area contributed by atoms with E-state index in [9.17, 15) is 18.4 Å². The summed E-state index contributed by atoms with van der Waals surface area (Å²) in [6.45, 7) is 4.13. The molecule has 0 unspecified atom stereocenters. The Morgan fingerprint density at radius 2 is 1.67 bits per heavy atom. The van der Waals surface area contributed by atoms with Crippen molar-refractivity contribution >= 4 is 17.5 Å². The third kappa shape index (κ3) is 5.58. The van der Waals surface area contributed by atoms with E-state index < -0.39 is 17.7 Å². The SMILES string of the molecule is CCCOc1ccc(N2C(=O)C[C@@H](N3CCC(CCc4cc(F)cc(F)c4)CC3)C2=O)cc1. The average molecular weight is 457 g/mol. The van der Waals surface area contributed by atoms with Crippen LogP contribution >= 0.6 is 0 Å². The first kappa shape index (κ1) is 23.4. The van der Waals surface area contributed by atoms with Gasteiger partial charge in [0.2, 0.25) is 5.91 Å². The van der Waals surface area contributed by atoms with Crippen LogP contribution in [-0.4, -0.2) is 42.5 Å². The zero-order chi connectivity index (χ0) is 23.4. The maximum absolute atomic E-state index is 13.4. The van der Waals surface area contributed by atoms with Gasteiger partial charge in [-0.05, 0) is 93.1 Å². The quantitative estimate of drug-likeness (QED) is 0.539. The summed E-state index contributed by atoms with van der Waals surface area (Å²) in [5, 5.41) is 0. The van der Waals surface area contributed by atoms with Gasteiger partial charge in [0.05, 0.1) is 24.8 Å². The van der Waals surface area contributed by atoms with Crippen LogP contribution in [0.5, 0.6) is 5.75 Å². The molecule has 1 atom stereocenters. The molecule has 5 nitrogen and oxygen atoms in total. The molecule has 2 saturated heterocycles. The largest absolute Gasteiger partial charge is 0.494 e. The first-order valence-electron chi connectivity index (χ1n) is 11.7. The lowest BCUT2D eigenvalue weighted by Gasteiger charge is -2.34. The highest BCUT2D eigenvalue weighted by atomic mass is 19.1. The smallest absolute Gasteiger partial charge is 0.251 e. The summed E-state index contributed by atoms with van der Waals surface area (Å²) < 4.78 is 32.4. The Labute approximate surface area is 193 Å². The second kappa shape index (κ2) is 10.4. The summed E-state index contributed by atoms with van der Waals surface area (Å²) in [6, 6.07) is 10.3. The van der Waals surface area contributed by atoms with E-state index in [0.29, 0.717) is 30.2 Å². The zero-order valence-electron chi connectivity index (χ0n) is 18.9. The van der Waals surface area contributed by atoms with Crippen molar-refractivity contribution in [2.75, 3.05) is 24.6 Å². The number of carbonyl (C=O) groups excluding carboxylic acids is 2. The van der Waals surface area contributed by atoms with Gasteiger partial charge in [0.1, 0.15) is 17.4 Å². The van der Waals surface area contributed by atoms with Gasteiger partial charge in [0.15, 0.2) is 0 Å². The molecule has 0 N–H and O–H groups in total. The predicted molar refractivity (Wildman–Crippen MR) is 122 cm³/mol. The molecule has 2 aromatic rings. The van der Waals surface area contributed by atoms with E-state index >= 15 is 0 Å². The van der Waals surface area contributed by atoms with Gasteiger partial charge in [-0.2, -0.15) is 0 Å². The number of piperidine rings is 1. The third-order valence-electron chi connectivity index (χ3n) is 6.54. The molecular formula is C26H30F2N2O3. The number of rotatable bonds is 8. The molecule has 2 aromatic carbocycles. The number of aryl methyl sites for hydroxylation is 1. The average Bonchev–Trinajstić information content (AvgIpc) is 3.10. The van der Waals surface area contributed by atoms with Crippen LogP contribution in [0.1, 0.15) is 44.6 Å². The lowest BCUT2D eigenvalue weighted by atomic mass is 9.90. The third-order valence-corrected chi connectivity index (χ3v) is 6.54. The maximum atomic E-state index is 13.4. The molecule has 2 heterocycles. The molecule has 33 heavy (non-hydrogen) atoms. The molecule has 0 radical (unpaired) electrons. The summed E-state index contributed by atoms with van der Waals surface area (Å²) in [7, 11) is 0. The second-order valence-corrected chi connectivity index (χ2v) is 8.93. The van der Waals surface area contributed by atoms with Crippen LogP contribution in [0, 0.1) is 17.6 Å². The standard InChI is InChI=1S/C26H30F2N2O3/c1-2-13-33-23-7-5-22(6-8-23)30-25(31)17-24(26(30)32)29-11-9-18(10-12-29)3-4-19-14-20(27)16-21(28)15-19/h5-8,14-16,18,24H,2-4,9-13,17H2,1H3/t24-/m1/s1. The van der Waals surface area contributed by atoms with Crippen LogP contribution in [-0.2, 0) is 16.0 Å². The van der Waals surface area contributed by atoms with Crippen LogP contribution in [0.25, 0.3) is 0 Å². The Morgan fingerprint density at radius 3 is 2.30 bits per heavy atom. The Balaban J connectivity index is 1.30. The topological polar surface area (TPSA) is 49.9 Å². The lowest BCUT2D eigenvalue weighted by molar-refractivity contribution is -0.123. The summed E-state index contributed by atoms with van der Waals surface area (Å²) in [6.07, 6.45) is 4.39. The van der Waals surface area contributed by atoms with Crippen molar-refractivity contribution in [3.8, 4) is 5.75 Å². The van der Waals surface area contributed by atoms with E-state index in [4.69, 9.17) is 4.74 Å². The molecule has 4 rings (SSSR count). The molecular weight excluding hydrogens is 426 g/mol. The normalized spacial score (nSPS) is 20.0. The summed E-state index contributed by atoms with van der Waals surface area (Å²) >= 11 is 0. The van der Waals surface area contributed by atoms with Crippen LogP contribution in [0.3, 0.4) is 0 Å². The Bertz CT molecular complexity index is 967. The highest BCUT2D eigenvalue weighted by molar-refractivity contribution is 6.22. The number of nitrogens with zero attached hydrogens (tertiary/aromatic N) is 2. The fraction of sp³-hybridized carbons (Fsp3) is 0.462. The van der Waals surface area contributed by atoms with Crippen LogP contribution in [0.15, 0.2) is 42.5 Å². The monoisotopic (exact) mass is 456 g/mol. The van der Waals surface area contributed by atoms with Gasteiger partial charge < -0.3 is 4.74 Å². The van der Waals surface area contributed by atoms with E-state index in [-0.39, 0.29) is 18.2 Å². The van der Waals surface area contributed by atoms with Crippen molar-refractivity contribution in [3.63, 3.8) is 0 Å². The first-order valence-corrected chi connectivity index (χ1v) is 11.7. The number of hydrogen-bond donors (Lipinski definition) is 0. The number of benzene rings is 2. The van der Waals surface area contributed by atoms with Gasteiger partial charge in [-0.25, -0.2) is 13.7 Å². The second-order valence-electron chi connectivity index (χ2n) is 8.93. The lowest BCUT2D eigenvalue weighted by Crippen LogP contribution is -2.46. The molecule has 0 spiro atoms. The highest BCUT2D eigenvalue weighted by Gasteiger charge is 2.43. The minimum atomic E-state index is -0.545. The summed E-state index contributed by atoms with van der Waals surface area (Å²) in [4.78, 5) is 29.1. The number of halogens is 2. The van der Waals surface area contributed by atoms with Crippen molar-refractivity contribution in [1.29, 1.82) is 0 Å². The molecule has 0 saturated carbocycles. The number of hydrogen-bond acceptors (Lipinski definition) is 4. The van der Waals surface area contributed by atoms with E-state index in [2.05, 4.69) is 4.90 Å². The zero-order valence-corrected chi connectivity index (χ0v) is 18.9. The van der Waals surface area contributed by atoms with E-state index in [1.54, 1.807) is 24.3 Å². The number of likely N-dealkylation sites (tertiary alicyclic amines) is 1. The number of anilines is 1. The molecule has 0 aromatic heterocycles. The Hall–Kier alpha value is -2.80. The minimum absolute atomic E-state index is 0.170. The van der Waals surface area contributed by atoms with Gasteiger partial charge in [-0.1, -0.05) is 6.92 Å². The number of ether oxygens (including phenoxy) is 1. The number of amides is 2. The van der Waals surface area contributed by atoms with Crippen molar-refractivity contribution in [2.45, 2.75) is 51.5 Å². The van der Waals surface area contributed by atoms with Gasteiger partial charge in [0.25, 0.3) is 5.91 Å². The van der Waals surface area contributed by atoms with Gasteiger partial charge >= 0.3 is 0 Å². The molecule has 7 heteroatoms. The molecule has 2 amide bonds. The van der Waals surface area contributed by atoms with Crippen molar-refractivity contribution in [2.24, 2.45) is 5.92 Å². The van der Waals surface area contributed by atoms with Crippen molar-refractivity contribution in [1.82, 2.24) is 4.90 Å². The first-order chi connectivity index (χ1) is 15.9. The van der Waals surface area contributed by atoms with E-state index in [0.717, 1.165) is 50.6 Å². The van der Waals surface area contributed by atoms with Crippen LogP contribution in [0.2, 0.25) is 0 Å². The van der Waals surface area contributed by atoms with Crippen molar-refractivity contribution < 1.29 is 23.1 Å². The molecule has 2 aliphatic rings. The van der Waals surface area contributed by atoms with E-state index in [1.165, 1.54) is 17.0 Å². The molecule has 176 valence electrons. The van der Waals surface area contributed by atoms with Gasteiger partial charge in [-0.3, -0.25) is 14.5 Å². The minimum Gasteiger partial charge on any atom is -0.494 e. The Morgan fingerprint density at radius 1 is 1.00 bits per heavy atom. The molecule has 2 fully saturated rings. The highest BCUT2D eigenvalue weighted by Crippen LogP contribution is 2.31. The molecule has 0 aliphatic carbocycles. The fourth-order valence-electron chi connectivity index (χ4n) is 4.76. The van der Waals surface area contributed by atoms with Crippen LogP contribution < -0.4 is 9.64 Å². The van der Waals surface area contributed by atoms with Gasteiger partial charge in [0, 0.05) is 6.07 Å². The Kier molecular flexibility index (Phi) is 7.38. The summed E-state index contributed by atoms with van der Waals surface area (Å²) in [5.74, 6) is -0.280. The molecule has 2 aliphatic heterocycles. The number of carbonyl (C=O) groups is 2. The molecule has 0 bridgehead atoms.